The number of carbonyl (C=O) groups is 1. The van der Waals surface area contributed by atoms with Crippen LogP contribution in [0.4, 0.5) is 4.79 Å². The largest absolute Gasteiger partial charge is 0.459 e. The molecule has 4 nitrogen and oxygen atoms in total. The molecule has 1 aromatic carbocycles. The highest BCUT2D eigenvalue weighted by Gasteiger charge is 2.17. The van der Waals surface area contributed by atoms with E-state index in [0.29, 0.717) is 6.54 Å². The second-order valence-corrected chi connectivity index (χ2v) is 6.56. The molecule has 2 aromatic rings. The van der Waals surface area contributed by atoms with Crippen LogP contribution in [-0.4, -0.2) is 11.7 Å². The Morgan fingerprint density at radius 3 is 2.75 bits per heavy atom. The van der Waals surface area contributed by atoms with Gasteiger partial charge in [-0.2, -0.15) is 0 Å². The fraction of sp³-hybridized carbons (Fsp3) is 0.400. The van der Waals surface area contributed by atoms with E-state index in [-0.39, 0.29) is 0 Å². The van der Waals surface area contributed by atoms with Crippen molar-refractivity contribution in [1.29, 1.82) is 0 Å². The molecule has 0 aliphatic carbocycles. The second kappa shape index (κ2) is 5.48. The van der Waals surface area contributed by atoms with Gasteiger partial charge in [0.1, 0.15) is 16.9 Å². The smallest absolute Gasteiger partial charge is 0.408 e. The predicted octanol–water partition coefficient (Wildman–Crippen LogP) is 4.53. The van der Waals surface area contributed by atoms with Gasteiger partial charge in [0, 0.05) is 15.4 Å². The van der Waals surface area contributed by atoms with Crippen molar-refractivity contribution in [3.63, 3.8) is 0 Å². The summed E-state index contributed by atoms with van der Waals surface area (Å²) >= 11 is 3.44. The molecule has 2 rings (SSSR count). The highest BCUT2D eigenvalue weighted by Crippen LogP contribution is 2.27. The monoisotopic (exact) mass is 339 g/mol. The topological polar surface area (TPSA) is 51.5 Å². The number of benzene rings is 1. The van der Waals surface area contributed by atoms with Crippen molar-refractivity contribution >= 4 is 33.0 Å². The zero-order valence-electron chi connectivity index (χ0n) is 12.0. The van der Waals surface area contributed by atoms with Crippen LogP contribution in [0.3, 0.4) is 0 Å². The summed E-state index contributed by atoms with van der Waals surface area (Å²) in [5, 5.41) is 3.75. The molecule has 1 heterocycles. The minimum Gasteiger partial charge on any atom is -0.459 e. The van der Waals surface area contributed by atoms with Crippen LogP contribution < -0.4 is 5.32 Å². The molecule has 0 aliphatic heterocycles. The van der Waals surface area contributed by atoms with Crippen LogP contribution >= 0.6 is 15.9 Å². The third-order valence-electron chi connectivity index (χ3n) is 2.79. The first-order chi connectivity index (χ1) is 9.26. The molecule has 0 saturated carbocycles. The maximum Gasteiger partial charge on any atom is 0.408 e. The van der Waals surface area contributed by atoms with Crippen LogP contribution in [0, 0.1) is 6.92 Å². The van der Waals surface area contributed by atoms with Gasteiger partial charge in [0.2, 0.25) is 0 Å². The van der Waals surface area contributed by atoms with Crippen molar-refractivity contribution in [2.45, 2.75) is 39.8 Å². The van der Waals surface area contributed by atoms with Crippen LogP contribution in [0.2, 0.25) is 0 Å². The lowest BCUT2D eigenvalue weighted by molar-refractivity contribution is 0.0520. The summed E-state index contributed by atoms with van der Waals surface area (Å²) in [7, 11) is 0. The highest BCUT2D eigenvalue weighted by atomic mass is 79.9. The average molecular weight is 340 g/mol. The summed E-state index contributed by atoms with van der Waals surface area (Å²) in [5.74, 6) is 0.740. The zero-order chi connectivity index (χ0) is 14.9. The van der Waals surface area contributed by atoms with Gasteiger partial charge in [-0.3, -0.25) is 0 Å². The lowest BCUT2D eigenvalue weighted by atomic mass is 10.1. The van der Waals surface area contributed by atoms with Crippen molar-refractivity contribution in [1.82, 2.24) is 5.32 Å². The quantitative estimate of drug-likeness (QED) is 0.874. The molecule has 0 saturated heterocycles. The number of fused-ring (bicyclic) bond motifs is 1. The van der Waals surface area contributed by atoms with Crippen molar-refractivity contribution < 1.29 is 13.9 Å². The van der Waals surface area contributed by atoms with Gasteiger partial charge in [0.05, 0.1) is 6.54 Å². The molecule has 20 heavy (non-hydrogen) atoms. The number of nitrogens with one attached hydrogen (secondary N) is 1. The van der Waals surface area contributed by atoms with E-state index < -0.39 is 11.7 Å². The number of rotatable bonds is 2. The van der Waals surface area contributed by atoms with Gasteiger partial charge in [-0.1, -0.05) is 15.9 Å². The van der Waals surface area contributed by atoms with E-state index in [1.54, 1.807) is 0 Å². The zero-order valence-corrected chi connectivity index (χ0v) is 13.6. The van der Waals surface area contributed by atoms with E-state index in [1.807, 2.05) is 45.9 Å². The van der Waals surface area contributed by atoms with Crippen molar-refractivity contribution in [2.75, 3.05) is 0 Å². The molecule has 0 aliphatic rings. The fourth-order valence-corrected chi connectivity index (χ4v) is 2.24. The van der Waals surface area contributed by atoms with Gasteiger partial charge in [0.25, 0.3) is 0 Å². The van der Waals surface area contributed by atoms with Crippen LogP contribution in [0.25, 0.3) is 11.0 Å². The van der Waals surface area contributed by atoms with E-state index in [9.17, 15) is 4.79 Å². The van der Waals surface area contributed by atoms with Gasteiger partial charge >= 0.3 is 6.09 Å². The molecular weight excluding hydrogens is 322 g/mol. The third-order valence-corrected chi connectivity index (χ3v) is 3.28. The Bertz CT molecular complexity index is 640. The van der Waals surface area contributed by atoms with E-state index >= 15 is 0 Å². The summed E-state index contributed by atoms with van der Waals surface area (Å²) in [5.41, 5.74) is 1.33. The highest BCUT2D eigenvalue weighted by molar-refractivity contribution is 9.10. The molecule has 0 unspecified atom stereocenters. The van der Waals surface area contributed by atoms with Gasteiger partial charge in [-0.05, 0) is 45.9 Å². The normalized spacial score (nSPS) is 11.7. The molecule has 0 radical (unpaired) electrons. The maximum atomic E-state index is 11.6. The summed E-state index contributed by atoms with van der Waals surface area (Å²) < 4.78 is 11.9. The van der Waals surface area contributed by atoms with E-state index in [0.717, 1.165) is 26.8 Å². The third kappa shape index (κ3) is 3.54. The summed E-state index contributed by atoms with van der Waals surface area (Å²) in [6, 6.07) is 5.84. The van der Waals surface area contributed by atoms with Crippen molar-refractivity contribution in [3.05, 3.63) is 34.0 Å². The van der Waals surface area contributed by atoms with Gasteiger partial charge in [-0.25, -0.2) is 4.79 Å². The van der Waals surface area contributed by atoms with Crippen molar-refractivity contribution in [2.24, 2.45) is 0 Å². The van der Waals surface area contributed by atoms with E-state index in [4.69, 9.17) is 9.15 Å². The first-order valence-electron chi connectivity index (χ1n) is 6.40. The molecule has 0 atom stereocenters. The summed E-state index contributed by atoms with van der Waals surface area (Å²) in [6.45, 7) is 7.78. The van der Waals surface area contributed by atoms with E-state index in [1.165, 1.54) is 0 Å². The summed E-state index contributed by atoms with van der Waals surface area (Å²) in [6.07, 6.45) is -0.446. The molecule has 108 valence electrons. The minimum absolute atomic E-state index is 0.313. The Balaban J connectivity index is 2.11. The lowest BCUT2D eigenvalue weighted by Gasteiger charge is -2.19. The minimum atomic E-state index is -0.502. The standard InChI is InChI=1S/C15H18BrNO3/c1-9-11-7-10(16)5-6-12(11)19-13(9)8-17-14(18)20-15(2,3)4/h5-7H,8H2,1-4H3,(H,17,18). The number of alkyl carbamates (subject to hydrolysis) is 1. The molecule has 1 aromatic heterocycles. The summed E-state index contributed by atoms with van der Waals surface area (Å²) in [4.78, 5) is 11.6. The van der Waals surface area contributed by atoms with Gasteiger partial charge < -0.3 is 14.5 Å². The molecule has 5 heteroatoms. The van der Waals surface area contributed by atoms with Gasteiger partial charge in [-0.15, -0.1) is 0 Å². The maximum absolute atomic E-state index is 11.6. The molecular formula is C15H18BrNO3. The number of hydrogen-bond acceptors (Lipinski definition) is 3. The van der Waals surface area contributed by atoms with Crippen LogP contribution in [0.5, 0.6) is 0 Å². The first-order valence-corrected chi connectivity index (χ1v) is 7.20. The number of furan rings is 1. The number of halogens is 1. The fourth-order valence-electron chi connectivity index (χ4n) is 1.88. The molecule has 0 fully saturated rings. The lowest BCUT2D eigenvalue weighted by Crippen LogP contribution is -2.32. The number of aryl methyl sites for hydroxylation is 1. The second-order valence-electron chi connectivity index (χ2n) is 5.65. The number of carbonyl (C=O) groups excluding carboxylic acids is 1. The average Bonchev–Trinajstić information content (AvgIpc) is 2.62. The first kappa shape index (κ1) is 14.9. The predicted molar refractivity (Wildman–Crippen MR) is 81.7 cm³/mol. The molecule has 0 bridgehead atoms. The number of ether oxygens (including phenoxy) is 1. The van der Waals surface area contributed by atoms with Crippen LogP contribution in [-0.2, 0) is 11.3 Å². The van der Waals surface area contributed by atoms with Crippen LogP contribution in [0.15, 0.2) is 27.1 Å². The Labute approximate surface area is 126 Å². The van der Waals surface area contributed by atoms with Gasteiger partial charge in [0.15, 0.2) is 0 Å². The molecule has 0 spiro atoms. The van der Waals surface area contributed by atoms with Crippen LogP contribution in [0.1, 0.15) is 32.1 Å². The molecule has 1 amide bonds. The SMILES string of the molecule is Cc1c(CNC(=O)OC(C)(C)C)oc2ccc(Br)cc12. The van der Waals surface area contributed by atoms with Crippen molar-refractivity contribution in [3.8, 4) is 0 Å². The molecule has 1 N–H and O–H groups in total. The Morgan fingerprint density at radius 2 is 2.10 bits per heavy atom. The number of amides is 1. The number of hydrogen-bond donors (Lipinski definition) is 1. The Kier molecular flexibility index (Phi) is 4.09. The van der Waals surface area contributed by atoms with E-state index in [2.05, 4.69) is 21.2 Å². The Hall–Kier alpha value is -1.49. The Morgan fingerprint density at radius 1 is 1.40 bits per heavy atom.